The second kappa shape index (κ2) is 6.22. The molecule has 6 heteroatoms. The average Bonchev–Trinajstić information content (AvgIpc) is 3.00. The first-order chi connectivity index (χ1) is 10.6. The maximum Gasteiger partial charge on any atom is 0.259 e. The molecule has 0 saturated heterocycles. The SMILES string of the molecule is Oc1ccc(/C=C(\Cl)c2nnc(-c3ccc(Cl)cc3)o2)cc1. The Kier molecular flexibility index (Phi) is 4.13. The van der Waals surface area contributed by atoms with Gasteiger partial charge in [0.05, 0.1) is 0 Å². The summed E-state index contributed by atoms with van der Waals surface area (Å²) in [5.74, 6) is 0.778. The number of phenols is 1. The summed E-state index contributed by atoms with van der Waals surface area (Å²) in [7, 11) is 0. The van der Waals surface area contributed by atoms with E-state index in [1.54, 1.807) is 54.6 Å². The van der Waals surface area contributed by atoms with Crippen molar-refractivity contribution in [3.8, 4) is 17.2 Å². The number of aromatic nitrogens is 2. The molecule has 0 saturated carbocycles. The van der Waals surface area contributed by atoms with Gasteiger partial charge in [-0.3, -0.25) is 0 Å². The summed E-state index contributed by atoms with van der Waals surface area (Å²) in [6.07, 6.45) is 1.68. The van der Waals surface area contributed by atoms with E-state index in [0.29, 0.717) is 15.9 Å². The van der Waals surface area contributed by atoms with Crippen molar-refractivity contribution in [1.29, 1.82) is 0 Å². The van der Waals surface area contributed by atoms with Crippen LogP contribution in [0.3, 0.4) is 0 Å². The predicted molar refractivity (Wildman–Crippen MR) is 86.6 cm³/mol. The molecular weight excluding hydrogens is 323 g/mol. The molecule has 0 bridgehead atoms. The number of phenolic OH excluding ortho intramolecular Hbond substituents is 1. The third kappa shape index (κ3) is 3.30. The van der Waals surface area contributed by atoms with Gasteiger partial charge in [-0.2, -0.15) is 0 Å². The molecule has 2 aromatic carbocycles. The number of hydrogen-bond donors (Lipinski definition) is 1. The first-order valence-electron chi connectivity index (χ1n) is 6.38. The molecule has 0 spiro atoms. The average molecular weight is 333 g/mol. The van der Waals surface area contributed by atoms with Crippen LogP contribution >= 0.6 is 23.2 Å². The lowest BCUT2D eigenvalue weighted by molar-refractivity contribution is 0.475. The lowest BCUT2D eigenvalue weighted by Gasteiger charge is -1.96. The van der Waals surface area contributed by atoms with E-state index in [1.165, 1.54) is 0 Å². The molecule has 0 radical (unpaired) electrons. The Labute approximate surface area is 136 Å². The monoisotopic (exact) mass is 332 g/mol. The molecule has 1 N–H and O–H groups in total. The van der Waals surface area contributed by atoms with Crippen LogP contribution < -0.4 is 0 Å². The quantitative estimate of drug-likeness (QED) is 0.746. The maximum atomic E-state index is 9.25. The highest BCUT2D eigenvalue weighted by atomic mass is 35.5. The summed E-state index contributed by atoms with van der Waals surface area (Å²) in [5.41, 5.74) is 1.58. The van der Waals surface area contributed by atoms with Gasteiger partial charge in [0.25, 0.3) is 5.89 Å². The zero-order valence-corrected chi connectivity index (χ0v) is 12.7. The second-order valence-electron chi connectivity index (χ2n) is 4.50. The molecule has 0 unspecified atom stereocenters. The van der Waals surface area contributed by atoms with Crippen molar-refractivity contribution >= 4 is 34.3 Å². The van der Waals surface area contributed by atoms with Crippen LogP contribution in [0.4, 0.5) is 0 Å². The fourth-order valence-electron chi connectivity index (χ4n) is 1.81. The van der Waals surface area contributed by atoms with Gasteiger partial charge < -0.3 is 9.52 Å². The van der Waals surface area contributed by atoms with Gasteiger partial charge in [0.15, 0.2) is 0 Å². The second-order valence-corrected chi connectivity index (χ2v) is 5.35. The lowest BCUT2D eigenvalue weighted by Crippen LogP contribution is -1.78. The molecule has 3 aromatic rings. The molecule has 0 atom stereocenters. The molecule has 1 heterocycles. The minimum Gasteiger partial charge on any atom is -0.508 e. The van der Waals surface area contributed by atoms with Gasteiger partial charge in [-0.1, -0.05) is 35.3 Å². The summed E-state index contributed by atoms with van der Waals surface area (Å²) in [4.78, 5) is 0. The zero-order valence-electron chi connectivity index (χ0n) is 11.2. The van der Waals surface area contributed by atoms with Crippen LogP contribution in [0.15, 0.2) is 52.9 Å². The molecule has 110 valence electrons. The summed E-state index contributed by atoms with van der Waals surface area (Å²) >= 11 is 12.0. The summed E-state index contributed by atoms with van der Waals surface area (Å²) < 4.78 is 5.55. The van der Waals surface area contributed by atoms with E-state index in [2.05, 4.69) is 10.2 Å². The Hall–Kier alpha value is -2.30. The van der Waals surface area contributed by atoms with Crippen molar-refractivity contribution in [1.82, 2.24) is 10.2 Å². The van der Waals surface area contributed by atoms with Crippen LogP contribution in [0.1, 0.15) is 11.5 Å². The van der Waals surface area contributed by atoms with Gasteiger partial charge in [-0.15, -0.1) is 10.2 Å². The van der Waals surface area contributed by atoms with Gasteiger partial charge >= 0.3 is 0 Å². The van der Waals surface area contributed by atoms with Crippen LogP contribution in [-0.2, 0) is 0 Å². The topological polar surface area (TPSA) is 59.2 Å². The fourth-order valence-corrected chi connectivity index (χ4v) is 2.14. The Morgan fingerprint density at radius 2 is 1.68 bits per heavy atom. The first-order valence-corrected chi connectivity index (χ1v) is 7.13. The van der Waals surface area contributed by atoms with Crippen LogP contribution in [0, 0.1) is 0 Å². The van der Waals surface area contributed by atoms with Gasteiger partial charge in [0.2, 0.25) is 5.89 Å². The normalized spacial score (nSPS) is 11.6. The van der Waals surface area contributed by atoms with Crippen molar-refractivity contribution < 1.29 is 9.52 Å². The van der Waals surface area contributed by atoms with E-state index < -0.39 is 0 Å². The Balaban J connectivity index is 1.86. The number of hydrogen-bond acceptors (Lipinski definition) is 4. The van der Waals surface area contributed by atoms with Crippen molar-refractivity contribution in [3.05, 3.63) is 65.0 Å². The standard InChI is InChI=1S/C16H10Cl2N2O2/c17-12-5-3-11(4-6-12)15-19-20-16(22-15)14(18)9-10-1-7-13(21)8-2-10/h1-9,21H/b14-9-. The highest BCUT2D eigenvalue weighted by molar-refractivity contribution is 6.50. The molecule has 22 heavy (non-hydrogen) atoms. The number of nitrogens with zero attached hydrogens (tertiary/aromatic N) is 2. The Morgan fingerprint density at radius 1 is 1.00 bits per heavy atom. The minimum atomic E-state index is 0.191. The lowest BCUT2D eigenvalue weighted by atomic mass is 10.2. The van der Waals surface area contributed by atoms with E-state index in [1.807, 2.05) is 0 Å². The number of benzene rings is 2. The molecule has 0 aliphatic carbocycles. The first kappa shape index (κ1) is 14.6. The van der Waals surface area contributed by atoms with Gasteiger partial charge in [0, 0.05) is 10.6 Å². The zero-order chi connectivity index (χ0) is 15.5. The van der Waals surface area contributed by atoms with Crippen LogP contribution in [0.2, 0.25) is 5.02 Å². The fraction of sp³-hybridized carbons (Fsp3) is 0. The van der Waals surface area contributed by atoms with Crippen LogP contribution in [0.25, 0.3) is 22.6 Å². The molecular formula is C16H10Cl2N2O2. The largest absolute Gasteiger partial charge is 0.508 e. The molecule has 0 aliphatic heterocycles. The summed E-state index contributed by atoms with van der Waals surface area (Å²) in [6.45, 7) is 0. The smallest absolute Gasteiger partial charge is 0.259 e. The highest BCUT2D eigenvalue weighted by Crippen LogP contribution is 2.26. The van der Waals surface area contributed by atoms with Crippen molar-refractivity contribution in [2.75, 3.05) is 0 Å². The third-order valence-electron chi connectivity index (χ3n) is 2.91. The van der Waals surface area contributed by atoms with E-state index in [0.717, 1.165) is 11.1 Å². The van der Waals surface area contributed by atoms with Crippen LogP contribution in [0.5, 0.6) is 5.75 Å². The van der Waals surface area contributed by atoms with E-state index >= 15 is 0 Å². The summed E-state index contributed by atoms with van der Waals surface area (Å²) in [5, 5.41) is 18.1. The molecule has 0 fully saturated rings. The van der Waals surface area contributed by atoms with Gasteiger partial charge in [0.1, 0.15) is 10.8 Å². The minimum absolute atomic E-state index is 0.191. The van der Waals surface area contributed by atoms with Crippen molar-refractivity contribution in [2.24, 2.45) is 0 Å². The number of aromatic hydroxyl groups is 1. The maximum absolute atomic E-state index is 9.25. The van der Waals surface area contributed by atoms with Crippen molar-refractivity contribution in [3.63, 3.8) is 0 Å². The summed E-state index contributed by atoms with van der Waals surface area (Å²) in [6, 6.07) is 13.7. The molecule has 0 amide bonds. The van der Waals surface area contributed by atoms with Crippen molar-refractivity contribution in [2.45, 2.75) is 0 Å². The number of rotatable bonds is 3. The Bertz CT molecular complexity index is 809. The molecule has 1 aromatic heterocycles. The van der Waals surface area contributed by atoms with Gasteiger partial charge in [-0.05, 0) is 48.0 Å². The predicted octanol–water partition coefficient (Wildman–Crippen LogP) is 4.83. The van der Waals surface area contributed by atoms with E-state index in [4.69, 9.17) is 27.6 Å². The molecule has 3 rings (SSSR count). The highest BCUT2D eigenvalue weighted by Gasteiger charge is 2.11. The third-order valence-corrected chi connectivity index (χ3v) is 3.43. The van der Waals surface area contributed by atoms with E-state index in [9.17, 15) is 5.11 Å². The van der Waals surface area contributed by atoms with E-state index in [-0.39, 0.29) is 11.6 Å². The molecule has 4 nitrogen and oxygen atoms in total. The molecule has 0 aliphatic rings. The Morgan fingerprint density at radius 3 is 2.36 bits per heavy atom. The van der Waals surface area contributed by atoms with Crippen LogP contribution in [-0.4, -0.2) is 15.3 Å². The van der Waals surface area contributed by atoms with Gasteiger partial charge in [-0.25, -0.2) is 0 Å². The number of halogens is 2.